The van der Waals surface area contributed by atoms with E-state index in [1.54, 1.807) is 24.4 Å². The number of rotatable bonds is 7. The molecule has 3 aromatic heterocycles. The molecule has 1 aliphatic carbocycles. The second kappa shape index (κ2) is 7.68. The van der Waals surface area contributed by atoms with E-state index < -0.39 is 30.3 Å². The minimum Gasteiger partial charge on any atom is -0.474 e. The van der Waals surface area contributed by atoms with Crippen LogP contribution in [0, 0.1) is 0 Å². The predicted octanol–water partition coefficient (Wildman–Crippen LogP) is 3.87. The van der Waals surface area contributed by atoms with Gasteiger partial charge in [-0.05, 0) is 38.8 Å². The van der Waals surface area contributed by atoms with Gasteiger partial charge in [-0.15, -0.1) is 0 Å². The number of alkyl halides is 3. The van der Waals surface area contributed by atoms with Gasteiger partial charge in [-0.25, -0.2) is 23.1 Å². The van der Waals surface area contributed by atoms with Gasteiger partial charge in [0.15, 0.2) is 0 Å². The van der Waals surface area contributed by atoms with Crippen molar-refractivity contribution in [3.63, 3.8) is 0 Å². The second-order valence-electron chi connectivity index (χ2n) is 8.90. The number of pyridine rings is 1. The molecule has 0 atom stereocenters. The van der Waals surface area contributed by atoms with E-state index in [1.165, 1.54) is 24.4 Å². The largest absolute Gasteiger partial charge is 0.474 e. The van der Waals surface area contributed by atoms with Crippen molar-refractivity contribution in [2.24, 2.45) is 0 Å². The molecule has 3 aliphatic rings. The summed E-state index contributed by atoms with van der Waals surface area (Å²) in [6.45, 7) is 3.43. The van der Waals surface area contributed by atoms with Crippen LogP contribution in [-0.4, -0.2) is 50.2 Å². The third-order valence-corrected chi connectivity index (χ3v) is 6.00. The quantitative estimate of drug-likeness (QED) is 0.575. The Morgan fingerprint density at radius 1 is 1.24 bits per heavy atom. The highest BCUT2D eigenvalue weighted by molar-refractivity contribution is 6.05. The molecule has 174 valence electrons. The summed E-state index contributed by atoms with van der Waals surface area (Å²) in [5, 5.41) is 2.52. The summed E-state index contributed by atoms with van der Waals surface area (Å²) in [6.07, 6.45) is 1.34. The van der Waals surface area contributed by atoms with Crippen LogP contribution >= 0.6 is 0 Å². The molecule has 3 fully saturated rings. The second-order valence-corrected chi connectivity index (χ2v) is 8.90. The molecule has 1 saturated carbocycles. The van der Waals surface area contributed by atoms with Gasteiger partial charge < -0.3 is 14.8 Å². The molecular weight excluding hydrogens is 439 g/mol. The van der Waals surface area contributed by atoms with Crippen LogP contribution in [0.5, 0.6) is 5.88 Å². The number of hydrogen-bond donors (Lipinski definition) is 1. The number of fused-ring (bicyclic) bond motifs is 2. The van der Waals surface area contributed by atoms with Crippen LogP contribution in [0.25, 0.3) is 5.78 Å². The van der Waals surface area contributed by atoms with Crippen molar-refractivity contribution >= 4 is 17.5 Å². The standard InChI is InChI=1S/C22H22F3N5O3/c1-12(2)33-19-13(18(31)28-16-5-3-4-14(26-16)17(24)25)6-30-7-15(27-20(30)29-19)21-8-22(9-21,10-23)32-11-21/h3-7,12,17H,8-11H2,1-2H3,(H,26,28,31). The molecule has 0 radical (unpaired) electrons. The van der Waals surface area contributed by atoms with Gasteiger partial charge >= 0.3 is 0 Å². The molecule has 3 aromatic rings. The minimum absolute atomic E-state index is 0.0151. The maximum Gasteiger partial charge on any atom is 0.280 e. The lowest BCUT2D eigenvalue weighted by Gasteiger charge is -2.41. The Balaban J connectivity index is 1.48. The van der Waals surface area contributed by atoms with Gasteiger partial charge in [-0.3, -0.25) is 9.20 Å². The zero-order valence-electron chi connectivity index (χ0n) is 18.0. The molecule has 1 N–H and O–H groups in total. The number of amides is 1. The molecule has 6 rings (SSSR count). The number of nitrogens with one attached hydrogen (secondary N) is 1. The molecule has 2 bridgehead atoms. The Kier molecular flexibility index (Phi) is 5.04. The first kappa shape index (κ1) is 21.6. The molecule has 5 heterocycles. The predicted molar refractivity (Wildman–Crippen MR) is 111 cm³/mol. The van der Waals surface area contributed by atoms with Crippen molar-refractivity contribution < 1.29 is 27.4 Å². The van der Waals surface area contributed by atoms with Crippen molar-refractivity contribution in [2.75, 3.05) is 18.6 Å². The molecule has 33 heavy (non-hydrogen) atoms. The highest BCUT2D eigenvalue weighted by atomic mass is 19.3. The fourth-order valence-corrected chi connectivity index (χ4v) is 4.52. The molecule has 2 aliphatic heterocycles. The van der Waals surface area contributed by atoms with Gasteiger partial charge in [0.1, 0.15) is 23.7 Å². The molecule has 11 heteroatoms. The van der Waals surface area contributed by atoms with Gasteiger partial charge in [0.25, 0.3) is 12.3 Å². The van der Waals surface area contributed by atoms with Crippen molar-refractivity contribution in [1.82, 2.24) is 19.4 Å². The summed E-state index contributed by atoms with van der Waals surface area (Å²) in [5.74, 6) is -0.242. The Morgan fingerprint density at radius 2 is 2.03 bits per heavy atom. The number of ether oxygens (including phenoxy) is 2. The topological polar surface area (TPSA) is 90.6 Å². The summed E-state index contributed by atoms with van der Waals surface area (Å²) in [6, 6.07) is 3.98. The lowest BCUT2D eigenvalue weighted by atomic mass is 9.61. The first-order valence-electron chi connectivity index (χ1n) is 10.6. The molecule has 0 aromatic carbocycles. The summed E-state index contributed by atoms with van der Waals surface area (Å²) in [7, 11) is 0. The molecule has 0 unspecified atom stereocenters. The van der Waals surface area contributed by atoms with Gasteiger partial charge in [0.05, 0.1) is 24.0 Å². The van der Waals surface area contributed by atoms with E-state index in [9.17, 15) is 18.0 Å². The molecule has 0 spiro atoms. The molecular formula is C22H22F3N5O3. The summed E-state index contributed by atoms with van der Waals surface area (Å²) >= 11 is 0. The number of hydrogen-bond acceptors (Lipinski definition) is 6. The Morgan fingerprint density at radius 3 is 2.70 bits per heavy atom. The van der Waals surface area contributed by atoms with E-state index in [1.807, 2.05) is 0 Å². The number of carbonyl (C=O) groups excluding carboxylic acids is 1. The van der Waals surface area contributed by atoms with Gasteiger partial charge in [0.2, 0.25) is 11.7 Å². The highest BCUT2D eigenvalue weighted by Gasteiger charge is 2.64. The van der Waals surface area contributed by atoms with Crippen LogP contribution in [0.4, 0.5) is 19.0 Å². The van der Waals surface area contributed by atoms with E-state index >= 15 is 0 Å². The van der Waals surface area contributed by atoms with E-state index in [0.717, 1.165) is 5.69 Å². The van der Waals surface area contributed by atoms with Crippen molar-refractivity contribution in [2.45, 2.75) is 50.2 Å². The number of halogens is 3. The molecule has 8 nitrogen and oxygen atoms in total. The summed E-state index contributed by atoms with van der Waals surface area (Å²) < 4.78 is 52.2. The summed E-state index contributed by atoms with van der Waals surface area (Å²) in [4.78, 5) is 25.8. The van der Waals surface area contributed by atoms with Gasteiger partial charge in [-0.1, -0.05) is 6.07 Å². The van der Waals surface area contributed by atoms with Crippen LogP contribution in [0.1, 0.15) is 54.9 Å². The number of aromatic nitrogens is 4. The van der Waals surface area contributed by atoms with Crippen molar-refractivity contribution in [3.05, 3.63) is 47.5 Å². The first-order chi connectivity index (χ1) is 15.7. The highest BCUT2D eigenvalue weighted by Crippen LogP contribution is 2.58. The zero-order valence-corrected chi connectivity index (χ0v) is 18.0. The van der Waals surface area contributed by atoms with E-state index in [-0.39, 0.29) is 28.8 Å². The zero-order chi connectivity index (χ0) is 23.4. The van der Waals surface area contributed by atoms with Crippen LogP contribution in [0.2, 0.25) is 0 Å². The van der Waals surface area contributed by atoms with Crippen molar-refractivity contribution in [1.29, 1.82) is 0 Å². The first-order valence-corrected chi connectivity index (χ1v) is 10.6. The van der Waals surface area contributed by atoms with Crippen LogP contribution < -0.4 is 10.1 Å². The normalized spacial score (nSPS) is 23.8. The Hall–Kier alpha value is -3.21. The van der Waals surface area contributed by atoms with Crippen LogP contribution in [0.15, 0.2) is 30.6 Å². The fraction of sp³-hybridized carbons (Fsp3) is 0.455. The molecule has 2 saturated heterocycles. The number of imidazole rings is 1. The monoisotopic (exact) mass is 461 g/mol. The molecule has 1 amide bonds. The van der Waals surface area contributed by atoms with Gasteiger partial charge in [0, 0.05) is 17.8 Å². The minimum atomic E-state index is -2.76. The number of carbonyl (C=O) groups is 1. The van der Waals surface area contributed by atoms with Crippen LogP contribution in [-0.2, 0) is 10.2 Å². The third-order valence-electron chi connectivity index (χ3n) is 6.00. The van der Waals surface area contributed by atoms with Gasteiger partial charge in [-0.2, -0.15) is 4.98 Å². The smallest absolute Gasteiger partial charge is 0.280 e. The Labute approximate surface area is 187 Å². The lowest BCUT2D eigenvalue weighted by molar-refractivity contribution is -0.0235. The summed E-state index contributed by atoms with van der Waals surface area (Å²) in [5.41, 5.74) is -0.699. The maximum absolute atomic E-state index is 13.3. The lowest BCUT2D eigenvalue weighted by Crippen LogP contribution is -2.48. The fourth-order valence-electron chi connectivity index (χ4n) is 4.52. The van der Waals surface area contributed by atoms with E-state index in [4.69, 9.17) is 9.47 Å². The third kappa shape index (κ3) is 3.69. The average molecular weight is 461 g/mol. The average Bonchev–Trinajstić information content (AvgIpc) is 3.44. The SMILES string of the molecule is CC(C)Oc1nc2nc(C34COC(CF)(C3)C4)cn2cc1C(=O)Nc1cccc(C(F)F)n1. The van der Waals surface area contributed by atoms with Crippen molar-refractivity contribution in [3.8, 4) is 5.88 Å². The number of anilines is 1. The van der Waals surface area contributed by atoms with Crippen LogP contribution in [0.3, 0.4) is 0 Å². The van der Waals surface area contributed by atoms with E-state index in [2.05, 4.69) is 20.3 Å². The van der Waals surface area contributed by atoms with E-state index in [0.29, 0.717) is 25.2 Å². The maximum atomic E-state index is 13.3. The Bertz CT molecular complexity index is 1220. The number of nitrogens with zero attached hydrogens (tertiary/aromatic N) is 4.